The molecule has 3 rings (SSSR count). The predicted molar refractivity (Wildman–Crippen MR) is 111 cm³/mol. The van der Waals surface area contributed by atoms with Gasteiger partial charge in [0, 0.05) is 11.3 Å². The average molecular weight is 447 g/mol. The Morgan fingerprint density at radius 1 is 0.839 bits per heavy atom. The maximum atomic E-state index is 12.6. The molecule has 0 saturated heterocycles. The number of benzene rings is 2. The van der Waals surface area contributed by atoms with E-state index >= 15 is 0 Å². The van der Waals surface area contributed by atoms with Crippen molar-refractivity contribution < 1.29 is 27.6 Å². The fraction of sp³-hybridized carbons (Fsp3) is 0.0952. The van der Waals surface area contributed by atoms with Gasteiger partial charge in [0.05, 0.1) is 16.1 Å². The number of carbonyl (C=O) groups is 3. The van der Waals surface area contributed by atoms with E-state index in [0.717, 1.165) is 0 Å². The lowest BCUT2D eigenvalue weighted by Crippen LogP contribution is -2.34. The molecule has 0 atom stereocenters. The number of thiophene rings is 1. The van der Waals surface area contributed by atoms with Gasteiger partial charge >= 0.3 is 6.18 Å². The molecular formula is C21H16F3N3O3S. The fourth-order valence-corrected chi connectivity index (χ4v) is 3.22. The summed E-state index contributed by atoms with van der Waals surface area (Å²) < 4.78 is 37.1. The minimum absolute atomic E-state index is 0.0557. The number of hydrogen-bond donors (Lipinski definition) is 3. The van der Waals surface area contributed by atoms with Crippen molar-refractivity contribution in [1.29, 1.82) is 0 Å². The highest BCUT2D eigenvalue weighted by molar-refractivity contribution is 7.12. The Morgan fingerprint density at radius 2 is 1.61 bits per heavy atom. The number of alkyl halides is 3. The van der Waals surface area contributed by atoms with E-state index in [-0.39, 0.29) is 22.7 Å². The molecule has 3 aromatic rings. The maximum absolute atomic E-state index is 12.6. The first kappa shape index (κ1) is 22.0. The van der Waals surface area contributed by atoms with Gasteiger partial charge in [-0.05, 0) is 41.8 Å². The van der Waals surface area contributed by atoms with E-state index in [1.165, 1.54) is 47.7 Å². The molecule has 1 aromatic heterocycles. The number of rotatable bonds is 6. The molecule has 0 unspecified atom stereocenters. The van der Waals surface area contributed by atoms with Crippen LogP contribution in [0.3, 0.4) is 0 Å². The minimum Gasteiger partial charge on any atom is -0.343 e. The third-order valence-electron chi connectivity index (χ3n) is 4.00. The SMILES string of the molecule is O=C(Nc1ccccc1C(=O)NCC(F)(F)F)c1cccc(NC(=O)c2cccs2)c1. The van der Waals surface area contributed by atoms with Crippen LogP contribution in [0.4, 0.5) is 24.5 Å². The van der Waals surface area contributed by atoms with Gasteiger partial charge in [-0.25, -0.2) is 0 Å². The van der Waals surface area contributed by atoms with Crippen LogP contribution in [0.5, 0.6) is 0 Å². The lowest BCUT2D eigenvalue weighted by molar-refractivity contribution is -0.123. The van der Waals surface area contributed by atoms with Gasteiger partial charge in [0.25, 0.3) is 17.7 Å². The van der Waals surface area contributed by atoms with Crippen LogP contribution in [0.15, 0.2) is 66.0 Å². The van der Waals surface area contributed by atoms with E-state index < -0.39 is 24.5 Å². The van der Waals surface area contributed by atoms with E-state index in [2.05, 4.69) is 10.6 Å². The molecule has 0 aliphatic carbocycles. The summed E-state index contributed by atoms with van der Waals surface area (Å²) in [6, 6.07) is 15.3. The average Bonchev–Trinajstić information content (AvgIpc) is 3.27. The molecule has 0 bridgehead atoms. The molecule has 6 nitrogen and oxygen atoms in total. The molecule has 10 heteroatoms. The van der Waals surface area contributed by atoms with Gasteiger partial charge in [0.15, 0.2) is 0 Å². The first-order valence-electron chi connectivity index (χ1n) is 8.93. The van der Waals surface area contributed by atoms with Gasteiger partial charge in [0.1, 0.15) is 6.54 Å². The highest BCUT2D eigenvalue weighted by atomic mass is 32.1. The molecule has 160 valence electrons. The Hall–Kier alpha value is -3.66. The molecular weight excluding hydrogens is 431 g/mol. The van der Waals surface area contributed by atoms with Crippen LogP contribution in [0.1, 0.15) is 30.4 Å². The number of para-hydroxylation sites is 1. The fourth-order valence-electron chi connectivity index (χ4n) is 2.60. The summed E-state index contributed by atoms with van der Waals surface area (Å²) in [5.74, 6) is -1.88. The number of hydrogen-bond acceptors (Lipinski definition) is 4. The summed E-state index contributed by atoms with van der Waals surface area (Å²) in [5.41, 5.74) is 0.527. The summed E-state index contributed by atoms with van der Waals surface area (Å²) in [4.78, 5) is 37.4. The van der Waals surface area contributed by atoms with Crippen LogP contribution >= 0.6 is 11.3 Å². The second kappa shape index (κ2) is 9.43. The zero-order valence-electron chi connectivity index (χ0n) is 15.8. The maximum Gasteiger partial charge on any atom is 0.405 e. The van der Waals surface area contributed by atoms with Crippen LogP contribution in [-0.4, -0.2) is 30.4 Å². The molecule has 0 saturated carbocycles. The minimum atomic E-state index is -4.55. The second-order valence-electron chi connectivity index (χ2n) is 6.31. The number of anilines is 2. The molecule has 2 aromatic carbocycles. The number of halogens is 3. The lowest BCUT2D eigenvalue weighted by atomic mass is 10.1. The zero-order valence-corrected chi connectivity index (χ0v) is 16.6. The Bertz CT molecular complexity index is 1100. The summed E-state index contributed by atoms with van der Waals surface area (Å²) in [5, 5.41) is 8.75. The van der Waals surface area contributed by atoms with Crippen molar-refractivity contribution in [3.8, 4) is 0 Å². The van der Waals surface area contributed by atoms with Gasteiger partial charge in [-0.3, -0.25) is 14.4 Å². The topological polar surface area (TPSA) is 87.3 Å². The van der Waals surface area contributed by atoms with Crippen molar-refractivity contribution in [2.75, 3.05) is 17.2 Å². The monoisotopic (exact) mass is 447 g/mol. The molecule has 0 radical (unpaired) electrons. The van der Waals surface area contributed by atoms with Gasteiger partial charge < -0.3 is 16.0 Å². The van der Waals surface area contributed by atoms with Crippen LogP contribution in [0.25, 0.3) is 0 Å². The molecule has 31 heavy (non-hydrogen) atoms. The van der Waals surface area contributed by atoms with Crippen LogP contribution in [-0.2, 0) is 0 Å². The first-order chi connectivity index (χ1) is 14.7. The van der Waals surface area contributed by atoms with Crippen molar-refractivity contribution in [3.05, 3.63) is 82.0 Å². The lowest BCUT2D eigenvalue weighted by Gasteiger charge is -2.13. The van der Waals surface area contributed by atoms with Crippen LogP contribution in [0, 0.1) is 0 Å². The predicted octanol–water partition coefficient (Wildman–Crippen LogP) is 4.54. The molecule has 0 spiro atoms. The van der Waals surface area contributed by atoms with Crippen molar-refractivity contribution in [1.82, 2.24) is 5.32 Å². The van der Waals surface area contributed by atoms with Crippen molar-refractivity contribution >= 4 is 40.4 Å². The summed E-state index contributed by atoms with van der Waals surface area (Å²) in [6.45, 7) is -1.49. The molecule has 3 N–H and O–H groups in total. The summed E-state index contributed by atoms with van der Waals surface area (Å²) in [7, 11) is 0. The van der Waals surface area contributed by atoms with E-state index in [9.17, 15) is 27.6 Å². The molecule has 0 fully saturated rings. The Kier molecular flexibility index (Phi) is 6.71. The van der Waals surface area contributed by atoms with Crippen molar-refractivity contribution in [3.63, 3.8) is 0 Å². The standard InChI is InChI=1S/C21H16F3N3O3S/c22-21(23,24)12-25-19(29)15-7-1-2-8-16(15)27-18(28)13-5-3-6-14(11-13)26-20(30)17-9-4-10-31-17/h1-11H,12H2,(H,25,29)(H,26,30)(H,27,28). The Balaban J connectivity index is 1.72. The zero-order chi connectivity index (χ0) is 22.4. The third-order valence-corrected chi connectivity index (χ3v) is 4.87. The van der Waals surface area contributed by atoms with E-state index in [4.69, 9.17) is 0 Å². The van der Waals surface area contributed by atoms with E-state index in [1.54, 1.807) is 35.0 Å². The highest BCUT2D eigenvalue weighted by Crippen LogP contribution is 2.20. The Morgan fingerprint density at radius 3 is 2.32 bits per heavy atom. The van der Waals surface area contributed by atoms with Crippen LogP contribution < -0.4 is 16.0 Å². The smallest absolute Gasteiger partial charge is 0.343 e. The van der Waals surface area contributed by atoms with Crippen molar-refractivity contribution in [2.45, 2.75) is 6.18 Å². The van der Waals surface area contributed by atoms with Gasteiger partial charge in [-0.1, -0.05) is 24.3 Å². The van der Waals surface area contributed by atoms with Crippen LogP contribution in [0.2, 0.25) is 0 Å². The number of amides is 3. The molecule has 3 amide bonds. The normalized spacial score (nSPS) is 10.9. The quantitative estimate of drug-likeness (QED) is 0.518. The van der Waals surface area contributed by atoms with Gasteiger partial charge in [-0.2, -0.15) is 13.2 Å². The van der Waals surface area contributed by atoms with Gasteiger partial charge in [0.2, 0.25) is 0 Å². The molecule has 0 aliphatic rings. The molecule has 0 aliphatic heterocycles. The second-order valence-corrected chi connectivity index (χ2v) is 7.26. The third kappa shape index (κ3) is 6.16. The van der Waals surface area contributed by atoms with Gasteiger partial charge in [-0.15, -0.1) is 11.3 Å². The highest BCUT2D eigenvalue weighted by Gasteiger charge is 2.28. The van der Waals surface area contributed by atoms with Crippen molar-refractivity contribution in [2.24, 2.45) is 0 Å². The van der Waals surface area contributed by atoms with E-state index in [0.29, 0.717) is 10.6 Å². The number of carbonyl (C=O) groups excluding carboxylic acids is 3. The summed E-state index contributed by atoms with van der Waals surface area (Å²) in [6.07, 6.45) is -4.55. The largest absolute Gasteiger partial charge is 0.405 e. The first-order valence-corrected chi connectivity index (χ1v) is 9.81. The molecule has 1 heterocycles. The Labute approximate surface area is 179 Å². The number of nitrogens with one attached hydrogen (secondary N) is 3. The summed E-state index contributed by atoms with van der Waals surface area (Å²) >= 11 is 1.27. The van der Waals surface area contributed by atoms with E-state index in [1.807, 2.05) is 0 Å².